The maximum absolute atomic E-state index is 6.01. The molecule has 0 saturated carbocycles. The predicted octanol–water partition coefficient (Wildman–Crippen LogP) is 5.06. The minimum absolute atomic E-state index is 0.507. The summed E-state index contributed by atoms with van der Waals surface area (Å²) in [6.45, 7) is 2.46. The largest absolute Gasteiger partial charge is 0.438 e. The molecule has 1 heterocycles. The topological polar surface area (TPSA) is 38.1 Å². The quantitative estimate of drug-likeness (QED) is 0.735. The summed E-state index contributed by atoms with van der Waals surface area (Å²) in [5.41, 5.74) is 3.51. The molecule has 0 amide bonds. The highest BCUT2D eigenvalue weighted by molar-refractivity contribution is 6.31. The standard InChI is InChI=1S/C15H12Cl2N2O/c1-9-6-11(17)7-13-15(9)20-14(19-13)8-18-12-4-2-10(16)3-5-12/h2-7,18H,8H2,1H3. The van der Waals surface area contributed by atoms with Gasteiger partial charge < -0.3 is 9.73 Å². The number of fused-ring (bicyclic) bond motifs is 1. The van der Waals surface area contributed by atoms with Crippen molar-refractivity contribution in [3.63, 3.8) is 0 Å². The molecule has 0 fully saturated rings. The van der Waals surface area contributed by atoms with E-state index in [1.165, 1.54) is 0 Å². The molecule has 1 aromatic heterocycles. The van der Waals surface area contributed by atoms with Gasteiger partial charge in [-0.25, -0.2) is 4.98 Å². The fourth-order valence-electron chi connectivity index (χ4n) is 2.02. The van der Waals surface area contributed by atoms with Crippen molar-refractivity contribution < 1.29 is 4.42 Å². The van der Waals surface area contributed by atoms with Gasteiger partial charge in [0.25, 0.3) is 0 Å². The van der Waals surface area contributed by atoms with E-state index < -0.39 is 0 Å². The van der Waals surface area contributed by atoms with Crippen molar-refractivity contribution in [1.29, 1.82) is 0 Å². The molecule has 3 rings (SSSR count). The minimum Gasteiger partial charge on any atom is -0.438 e. The molecule has 0 saturated heterocycles. The maximum Gasteiger partial charge on any atom is 0.214 e. The first-order chi connectivity index (χ1) is 9.61. The minimum atomic E-state index is 0.507. The molecular weight excluding hydrogens is 295 g/mol. The molecule has 3 nitrogen and oxygen atoms in total. The third-order valence-corrected chi connectivity index (χ3v) is 3.44. The summed E-state index contributed by atoms with van der Waals surface area (Å²) in [5.74, 6) is 0.625. The van der Waals surface area contributed by atoms with E-state index in [9.17, 15) is 0 Å². The van der Waals surface area contributed by atoms with Gasteiger partial charge in [0.1, 0.15) is 5.52 Å². The fraction of sp³-hybridized carbons (Fsp3) is 0.133. The smallest absolute Gasteiger partial charge is 0.214 e. The summed E-state index contributed by atoms with van der Waals surface area (Å²) in [4.78, 5) is 4.43. The zero-order valence-corrected chi connectivity index (χ0v) is 12.3. The van der Waals surface area contributed by atoms with Crippen LogP contribution in [0.5, 0.6) is 0 Å². The van der Waals surface area contributed by atoms with Crippen LogP contribution in [0.15, 0.2) is 40.8 Å². The second kappa shape index (κ2) is 5.35. The number of oxazole rings is 1. The number of aromatic nitrogens is 1. The van der Waals surface area contributed by atoms with Gasteiger partial charge in [0.15, 0.2) is 5.58 Å². The van der Waals surface area contributed by atoms with Crippen molar-refractivity contribution in [1.82, 2.24) is 4.98 Å². The van der Waals surface area contributed by atoms with E-state index in [4.69, 9.17) is 27.6 Å². The van der Waals surface area contributed by atoms with Gasteiger partial charge in [-0.3, -0.25) is 0 Å². The molecular formula is C15H12Cl2N2O. The van der Waals surface area contributed by atoms with E-state index in [1.807, 2.05) is 37.3 Å². The number of nitrogens with zero attached hydrogens (tertiary/aromatic N) is 1. The molecule has 0 bridgehead atoms. The second-order valence-electron chi connectivity index (χ2n) is 4.54. The Hall–Kier alpha value is -1.71. The lowest BCUT2D eigenvalue weighted by atomic mass is 10.2. The third-order valence-electron chi connectivity index (χ3n) is 2.97. The normalized spacial score (nSPS) is 10.9. The highest BCUT2D eigenvalue weighted by Gasteiger charge is 2.09. The van der Waals surface area contributed by atoms with Crippen molar-refractivity contribution in [3.05, 3.63) is 57.9 Å². The first kappa shape index (κ1) is 13.3. The number of benzene rings is 2. The number of hydrogen-bond acceptors (Lipinski definition) is 3. The van der Waals surface area contributed by atoms with Gasteiger partial charge in [0, 0.05) is 15.7 Å². The van der Waals surface area contributed by atoms with Crippen LogP contribution in [-0.4, -0.2) is 4.98 Å². The number of rotatable bonds is 3. The van der Waals surface area contributed by atoms with Crippen molar-refractivity contribution in [2.75, 3.05) is 5.32 Å². The van der Waals surface area contributed by atoms with E-state index in [-0.39, 0.29) is 0 Å². The zero-order valence-electron chi connectivity index (χ0n) is 10.8. The Morgan fingerprint density at radius 1 is 1.10 bits per heavy atom. The van der Waals surface area contributed by atoms with E-state index in [1.54, 1.807) is 6.07 Å². The molecule has 3 aromatic rings. The molecule has 20 heavy (non-hydrogen) atoms. The van der Waals surface area contributed by atoms with Crippen molar-refractivity contribution in [3.8, 4) is 0 Å². The van der Waals surface area contributed by atoms with Gasteiger partial charge in [-0.2, -0.15) is 0 Å². The molecule has 0 radical (unpaired) electrons. The molecule has 0 aliphatic rings. The van der Waals surface area contributed by atoms with Crippen LogP contribution in [0.25, 0.3) is 11.1 Å². The van der Waals surface area contributed by atoms with Gasteiger partial charge >= 0.3 is 0 Å². The van der Waals surface area contributed by atoms with Gasteiger partial charge in [0.05, 0.1) is 6.54 Å². The first-order valence-corrected chi connectivity index (χ1v) is 6.92. The molecule has 102 valence electrons. The van der Waals surface area contributed by atoms with E-state index >= 15 is 0 Å². The summed E-state index contributed by atoms with van der Waals surface area (Å²) < 4.78 is 5.74. The second-order valence-corrected chi connectivity index (χ2v) is 5.41. The molecule has 5 heteroatoms. The number of anilines is 1. The highest BCUT2D eigenvalue weighted by Crippen LogP contribution is 2.24. The van der Waals surface area contributed by atoms with Crippen LogP contribution in [0.4, 0.5) is 5.69 Å². The lowest BCUT2D eigenvalue weighted by Gasteiger charge is -2.02. The summed E-state index contributed by atoms with van der Waals surface area (Å²) in [5, 5.41) is 4.61. The van der Waals surface area contributed by atoms with Crippen LogP contribution in [0.2, 0.25) is 10.0 Å². The zero-order chi connectivity index (χ0) is 14.1. The molecule has 0 unspecified atom stereocenters. The molecule has 0 atom stereocenters. The average Bonchev–Trinajstić information content (AvgIpc) is 2.81. The SMILES string of the molecule is Cc1cc(Cl)cc2nc(CNc3ccc(Cl)cc3)oc12. The van der Waals surface area contributed by atoms with Crippen LogP contribution in [0, 0.1) is 6.92 Å². The van der Waals surface area contributed by atoms with E-state index in [0.717, 1.165) is 22.4 Å². The Labute approximate surface area is 126 Å². The Kier molecular flexibility index (Phi) is 3.55. The van der Waals surface area contributed by atoms with Gasteiger partial charge in [-0.1, -0.05) is 23.2 Å². The van der Waals surface area contributed by atoms with Crippen LogP contribution in [0.3, 0.4) is 0 Å². The van der Waals surface area contributed by atoms with Gasteiger partial charge in [-0.15, -0.1) is 0 Å². The van der Waals surface area contributed by atoms with E-state index in [0.29, 0.717) is 22.5 Å². The third kappa shape index (κ3) is 2.74. The number of aryl methyl sites for hydroxylation is 1. The lowest BCUT2D eigenvalue weighted by molar-refractivity contribution is 0.539. The van der Waals surface area contributed by atoms with Gasteiger partial charge in [0.2, 0.25) is 5.89 Å². The first-order valence-electron chi connectivity index (χ1n) is 6.17. The molecule has 0 aliphatic heterocycles. The van der Waals surface area contributed by atoms with Crippen molar-refractivity contribution in [2.45, 2.75) is 13.5 Å². The molecule has 1 N–H and O–H groups in total. The van der Waals surface area contributed by atoms with Crippen molar-refractivity contribution >= 4 is 40.0 Å². The molecule has 0 spiro atoms. The predicted molar refractivity (Wildman–Crippen MR) is 82.5 cm³/mol. The monoisotopic (exact) mass is 306 g/mol. The average molecular weight is 307 g/mol. The Morgan fingerprint density at radius 3 is 2.60 bits per heavy atom. The number of hydrogen-bond donors (Lipinski definition) is 1. The van der Waals surface area contributed by atoms with Crippen LogP contribution < -0.4 is 5.32 Å². The number of halogens is 2. The Balaban J connectivity index is 1.81. The fourth-order valence-corrected chi connectivity index (χ4v) is 2.42. The number of nitrogens with one attached hydrogen (secondary N) is 1. The summed E-state index contributed by atoms with van der Waals surface area (Å²) in [6.07, 6.45) is 0. The van der Waals surface area contributed by atoms with Gasteiger partial charge in [-0.05, 0) is 48.9 Å². The Morgan fingerprint density at radius 2 is 1.85 bits per heavy atom. The van der Waals surface area contributed by atoms with Crippen LogP contribution >= 0.6 is 23.2 Å². The highest BCUT2D eigenvalue weighted by atomic mass is 35.5. The van der Waals surface area contributed by atoms with E-state index in [2.05, 4.69) is 10.3 Å². The maximum atomic E-state index is 6.01. The Bertz CT molecular complexity index is 750. The lowest BCUT2D eigenvalue weighted by Crippen LogP contribution is -1.98. The molecule has 0 aliphatic carbocycles. The molecule has 2 aromatic carbocycles. The van der Waals surface area contributed by atoms with Crippen LogP contribution in [-0.2, 0) is 6.54 Å². The summed E-state index contributed by atoms with van der Waals surface area (Å²) in [6, 6.07) is 11.2. The van der Waals surface area contributed by atoms with Crippen LogP contribution in [0.1, 0.15) is 11.5 Å². The summed E-state index contributed by atoms with van der Waals surface area (Å²) >= 11 is 11.9. The summed E-state index contributed by atoms with van der Waals surface area (Å²) in [7, 11) is 0. The van der Waals surface area contributed by atoms with Crippen molar-refractivity contribution in [2.24, 2.45) is 0 Å².